The number of hydrogen-bond donors (Lipinski definition) is 2. The van der Waals surface area contributed by atoms with Crippen LogP contribution in [0.25, 0.3) is 0 Å². The van der Waals surface area contributed by atoms with Crippen LogP contribution in [0.2, 0.25) is 0 Å². The molecule has 20 heavy (non-hydrogen) atoms. The average molecular weight is 287 g/mol. The van der Waals surface area contributed by atoms with Crippen LogP contribution in [0.5, 0.6) is 0 Å². The van der Waals surface area contributed by atoms with Gasteiger partial charge in [-0.25, -0.2) is 0 Å². The van der Waals surface area contributed by atoms with E-state index in [1.165, 1.54) is 25.9 Å². The zero-order chi connectivity index (χ0) is 15.6. The lowest BCUT2D eigenvalue weighted by Crippen LogP contribution is -2.48. The summed E-state index contributed by atoms with van der Waals surface area (Å²) in [5, 5.41) is 13.0. The van der Waals surface area contributed by atoms with Crippen molar-refractivity contribution in [3.63, 3.8) is 0 Å². The van der Waals surface area contributed by atoms with Gasteiger partial charge in [0, 0.05) is 5.54 Å². The largest absolute Gasteiger partial charge is 0.394 e. The van der Waals surface area contributed by atoms with Crippen molar-refractivity contribution in [3.8, 4) is 0 Å². The van der Waals surface area contributed by atoms with Crippen molar-refractivity contribution < 1.29 is 5.11 Å². The highest BCUT2D eigenvalue weighted by Crippen LogP contribution is 2.12. The third-order valence-electron chi connectivity index (χ3n) is 3.98. The molecule has 0 radical (unpaired) electrons. The van der Waals surface area contributed by atoms with Gasteiger partial charge in [0.2, 0.25) is 0 Å². The van der Waals surface area contributed by atoms with E-state index in [0.717, 1.165) is 31.3 Å². The monoisotopic (exact) mass is 286 g/mol. The van der Waals surface area contributed by atoms with Gasteiger partial charge in [0.1, 0.15) is 0 Å². The van der Waals surface area contributed by atoms with Crippen LogP contribution in [-0.4, -0.2) is 48.3 Å². The van der Waals surface area contributed by atoms with Gasteiger partial charge in [-0.3, -0.25) is 0 Å². The van der Waals surface area contributed by atoms with Crippen LogP contribution in [-0.2, 0) is 0 Å². The fourth-order valence-electron chi connectivity index (χ4n) is 2.27. The highest BCUT2D eigenvalue weighted by molar-refractivity contribution is 4.83. The number of aliphatic hydroxyl groups excluding tert-OH is 1. The third-order valence-corrected chi connectivity index (χ3v) is 3.98. The minimum Gasteiger partial charge on any atom is -0.394 e. The van der Waals surface area contributed by atoms with Gasteiger partial charge in [-0.1, -0.05) is 34.6 Å². The Bertz CT molecular complexity index is 219. The minimum atomic E-state index is -0.136. The normalized spacial score (nSPS) is 15.3. The van der Waals surface area contributed by atoms with Crippen molar-refractivity contribution in [2.45, 2.75) is 66.3 Å². The van der Waals surface area contributed by atoms with E-state index in [2.05, 4.69) is 51.8 Å². The molecule has 2 N–H and O–H groups in total. The topological polar surface area (TPSA) is 35.5 Å². The van der Waals surface area contributed by atoms with E-state index in [1.807, 2.05) is 0 Å². The molecule has 0 aromatic rings. The molecule has 0 amide bonds. The summed E-state index contributed by atoms with van der Waals surface area (Å²) in [5.74, 6) is 1.52. The Hall–Kier alpha value is -0.120. The van der Waals surface area contributed by atoms with Crippen LogP contribution < -0.4 is 5.32 Å². The predicted molar refractivity (Wildman–Crippen MR) is 89.1 cm³/mol. The first-order valence-corrected chi connectivity index (χ1v) is 8.41. The Morgan fingerprint density at radius 2 is 1.50 bits per heavy atom. The fourth-order valence-corrected chi connectivity index (χ4v) is 2.27. The second-order valence-electron chi connectivity index (χ2n) is 7.21. The highest BCUT2D eigenvalue weighted by atomic mass is 16.3. The van der Waals surface area contributed by atoms with E-state index in [9.17, 15) is 5.11 Å². The van der Waals surface area contributed by atoms with Crippen LogP contribution >= 0.6 is 0 Å². The van der Waals surface area contributed by atoms with Gasteiger partial charge < -0.3 is 15.3 Å². The molecule has 0 aliphatic rings. The van der Waals surface area contributed by atoms with Crippen LogP contribution in [0, 0.1) is 11.8 Å². The number of aliphatic hydroxyl groups is 1. The minimum absolute atomic E-state index is 0.136. The fraction of sp³-hybridized carbons (Fsp3) is 1.00. The molecular formula is C17H38N2O. The number of nitrogens with one attached hydrogen (secondary N) is 1. The maximum Gasteiger partial charge on any atom is 0.0611 e. The van der Waals surface area contributed by atoms with Crippen molar-refractivity contribution in [3.05, 3.63) is 0 Å². The average Bonchev–Trinajstić information content (AvgIpc) is 2.37. The van der Waals surface area contributed by atoms with E-state index in [4.69, 9.17) is 0 Å². The van der Waals surface area contributed by atoms with Crippen LogP contribution in [0.1, 0.15) is 60.8 Å². The van der Waals surface area contributed by atoms with Crippen molar-refractivity contribution in [1.29, 1.82) is 0 Å². The summed E-state index contributed by atoms with van der Waals surface area (Å²) in [7, 11) is 0. The smallest absolute Gasteiger partial charge is 0.0611 e. The summed E-state index contributed by atoms with van der Waals surface area (Å²) in [6, 6.07) is 0. The molecule has 0 aliphatic heterocycles. The summed E-state index contributed by atoms with van der Waals surface area (Å²) >= 11 is 0. The lowest BCUT2D eigenvalue weighted by molar-refractivity contribution is 0.143. The first-order valence-electron chi connectivity index (χ1n) is 8.41. The van der Waals surface area contributed by atoms with Crippen LogP contribution in [0.3, 0.4) is 0 Å². The summed E-state index contributed by atoms with van der Waals surface area (Å²) in [6.45, 7) is 17.9. The highest BCUT2D eigenvalue weighted by Gasteiger charge is 2.22. The standard InChI is InChI=1S/C17H38N2O/c1-7-18-17(6,14-20)10-13-19(11-8-15(2)3)12-9-16(4)5/h15-16,18,20H,7-14H2,1-6H3. The summed E-state index contributed by atoms with van der Waals surface area (Å²) in [4.78, 5) is 2.57. The maximum atomic E-state index is 9.58. The van der Waals surface area contributed by atoms with Crippen molar-refractivity contribution in [2.24, 2.45) is 11.8 Å². The van der Waals surface area contributed by atoms with Gasteiger partial charge >= 0.3 is 0 Å². The van der Waals surface area contributed by atoms with Crippen molar-refractivity contribution in [2.75, 3.05) is 32.8 Å². The molecule has 3 heteroatoms. The molecule has 0 aromatic heterocycles. The molecule has 0 fully saturated rings. The Kier molecular flexibility index (Phi) is 10.5. The maximum absolute atomic E-state index is 9.58. The van der Waals surface area contributed by atoms with E-state index < -0.39 is 0 Å². The van der Waals surface area contributed by atoms with Gasteiger partial charge in [-0.2, -0.15) is 0 Å². The zero-order valence-electron chi connectivity index (χ0n) is 14.7. The Labute approximate surface area is 127 Å². The van der Waals surface area contributed by atoms with E-state index >= 15 is 0 Å². The van der Waals surface area contributed by atoms with Crippen molar-refractivity contribution in [1.82, 2.24) is 10.2 Å². The number of hydrogen-bond acceptors (Lipinski definition) is 3. The summed E-state index contributed by atoms with van der Waals surface area (Å²) < 4.78 is 0. The molecule has 0 spiro atoms. The van der Waals surface area contributed by atoms with Gasteiger partial charge in [-0.05, 0) is 64.2 Å². The van der Waals surface area contributed by atoms with Crippen LogP contribution in [0.4, 0.5) is 0 Å². The molecule has 1 unspecified atom stereocenters. The molecular weight excluding hydrogens is 248 g/mol. The van der Waals surface area contributed by atoms with Gasteiger partial charge in [0.25, 0.3) is 0 Å². The number of rotatable bonds is 12. The lowest BCUT2D eigenvalue weighted by Gasteiger charge is -2.32. The molecule has 122 valence electrons. The molecule has 0 aliphatic carbocycles. The second-order valence-corrected chi connectivity index (χ2v) is 7.21. The Morgan fingerprint density at radius 1 is 1.00 bits per heavy atom. The predicted octanol–water partition coefficient (Wildman–Crippen LogP) is 3.13. The van der Waals surface area contributed by atoms with E-state index in [1.54, 1.807) is 0 Å². The lowest BCUT2D eigenvalue weighted by atomic mass is 9.98. The third kappa shape index (κ3) is 9.73. The SMILES string of the molecule is CCNC(C)(CO)CCN(CCC(C)C)CCC(C)C. The molecule has 0 rings (SSSR count). The first kappa shape index (κ1) is 19.9. The molecule has 0 heterocycles. The van der Waals surface area contributed by atoms with Gasteiger partial charge in [0.15, 0.2) is 0 Å². The zero-order valence-corrected chi connectivity index (χ0v) is 14.7. The summed E-state index contributed by atoms with van der Waals surface area (Å²) in [5.41, 5.74) is -0.136. The van der Waals surface area contributed by atoms with Crippen molar-refractivity contribution >= 4 is 0 Å². The molecule has 0 saturated carbocycles. The first-order chi connectivity index (χ1) is 9.33. The summed E-state index contributed by atoms with van der Waals surface area (Å²) in [6.07, 6.45) is 3.53. The Balaban J connectivity index is 4.31. The molecule has 0 saturated heterocycles. The number of likely N-dealkylation sites (N-methyl/N-ethyl adjacent to an activating group) is 1. The number of nitrogens with zero attached hydrogens (tertiary/aromatic N) is 1. The molecule has 0 aromatic carbocycles. The van der Waals surface area contributed by atoms with Crippen LogP contribution in [0.15, 0.2) is 0 Å². The van der Waals surface area contributed by atoms with E-state index in [0.29, 0.717) is 0 Å². The van der Waals surface area contributed by atoms with Gasteiger partial charge in [-0.15, -0.1) is 0 Å². The van der Waals surface area contributed by atoms with E-state index in [-0.39, 0.29) is 12.1 Å². The molecule has 3 nitrogen and oxygen atoms in total. The van der Waals surface area contributed by atoms with Gasteiger partial charge in [0.05, 0.1) is 6.61 Å². The molecule has 1 atom stereocenters. The Morgan fingerprint density at radius 3 is 1.85 bits per heavy atom. The quantitative estimate of drug-likeness (QED) is 0.578. The molecule has 0 bridgehead atoms. The second kappa shape index (κ2) is 10.6.